The third kappa shape index (κ3) is 4.69. The first-order valence-corrected chi connectivity index (χ1v) is 10.5. The Kier molecular flexibility index (Phi) is 5.85. The summed E-state index contributed by atoms with van der Waals surface area (Å²) in [5, 5.41) is 13.9. The van der Waals surface area contributed by atoms with Crippen molar-refractivity contribution in [1.82, 2.24) is 14.7 Å². The van der Waals surface area contributed by atoms with Gasteiger partial charge in [0.05, 0.1) is 11.1 Å². The maximum atomic E-state index is 13.9. The second-order valence-electron chi connectivity index (χ2n) is 8.06. The number of amides is 1. The molecule has 6 nitrogen and oxygen atoms in total. The van der Waals surface area contributed by atoms with Gasteiger partial charge in [0.15, 0.2) is 0 Å². The van der Waals surface area contributed by atoms with E-state index in [-0.39, 0.29) is 35.1 Å². The Morgan fingerprint density at radius 1 is 1.18 bits per heavy atom. The second-order valence-corrected chi connectivity index (χ2v) is 8.06. The summed E-state index contributed by atoms with van der Waals surface area (Å²) >= 11 is 0. The topological polar surface area (TPSA) is 75.4 Å². The lowest BCUT2D eigenvalue weighted by Crippen LogP contribution is -2.31. The number of hydrogen-bond acceptors (Lipinski definition) is 3. The highest BCUT2D eigenvalue weighted by Gasteiger charge is 2.35. The molecule has 2 aromatic carbocycles. The Labute approximate surface area is 186 Å². The zero-order valence-corrected chi connectivity index (χ0v) is 17.7. The zero-order valence-electron chi connectivity index (χ0n) is 17.7. The fraction of sp³-hybridized carbons (Fsp3) is 0.348. The number of benzene rings is 2. The predicted molar refractivity (Wildman–Crippen MR) is 112 cm³/mol. The van der Waals surface area contributed by atoms with Gasteiger partial charge in [0.25, 0.3) is 0 Å². The lowest BCUT2D eigenvalue weighted by atomic mass is 9.98. The summed E-state index contributed by atoms with van der Waals surface area (Å²) in [7, 11) is 0. The summed E-state index contributed by atoms with van der Waals surface area (Å²) in [4.78, 5) is 25.4. The minimum Gasteiger partial charge on any atom is -0.480 e. The number of carboxylic acid groups (broad SMARTS) is 1. The maximum Gasteiger partial charge on any atom is 0.416 e. The number of aromatic nitrogens is 2. The van der Waals surface area contributed by atoms with Gasteiger partial charge in [-0.1, -0.05) is 6.07 Å². The van der Waals surface area contributed by atoms with Crippen LogP contribution in [0.2, 0.25) is 0 Å². The largest absolute Gasteiger partial charge is 0.480 e. The van der Waals surface area contributed by atoms with Crippen molar-refractivity contribution in [3.05, 3.63) is 53.3 Å². The van der Waals surface area contributed by atoms with Crippen LogP contribution < -0.4 is 0 Å². The van der Waals surface area contributed by atoms with Gasteiger partial charge in [0, 0.05) is 30.0 Å². The highest BCUT2D eigenvalue weighted by atomic mass is 19.4. The standard InChI is InChI=1S/C23H21F4N3O3/c1-2-29(22(33)13-3-4-13)11-14-9-15(23(25,26)27)5-7-17(14)21-18-8-6-16(24)10-19(18)30(28-21)12-20(31)32/h5-10,13H,2-4,11-12H2,1H3,(H,31,32). The Morgan fingerprint density at radius 2 is 1.91 bits per heavy atom. The van der Waals surface area contributed by atoms with Crippen LogP contribution in [-0.2, 0) is 28.9 Å². The van der Waals surface area contributed by atoms with Crippen molar-refractivity contribution in [2.45, 2.75) is 39.0 Å². The smallest absolute Gasteiger partial charge is 0.416 e. The SMILES string of the molecule is CCN(Cc1cc(C(F)(F)F)ccc1-c1nn(CC(=O)O)c2cc(F)ccc12)C(=O)C1CC1. The Morgan fingerprint density at radius 3 is 2.52 bits per heavy atom. The normalized spacial score (nSPS) is 14.0. The van der Waals surface area contributed by atoms with Crippen LogP contribution in [0.4, 0.5) is 17.6 Å². The van der Waals surface area contributed by atoms with Crippen molar-refractivity contribution < 1.29 is 32.3 Å². The van der Waals surface area contributed by atoms with Gasteiger partial charge >= 0.3 is 12.1 Å². The van der Waals surface area contributed by atoms with Gasteiger partial charge in [0.1, 0.15) is 18.1 Å². The van der Waals surface area contributed by atoms with Crippen molar-refractivity contribution in [3.8, 4) is 11.3 Å². The first-order chi connectivity index (χ1) is 15.6. The number of rotatable bonds is 7. The molecule has 0 bridgehead atoms. The summed E-state index contributed by atoms with van der Waals surface area (Å²) in [5.41, 5.74) is 0.124. The van der Waals surface area contributed by atoms with Crippen molar-refractivity contribution in [2.75, 3.05) is 6.54 Å². The minimum absolute atomic E-state index is 0.0560. The summed E-state index contributed by atoms with van der Waals surface area (Å²) in [6.45, 7) is 1.48. The molecule has 0 spiro atoms. The molecule has 1 N–H and O–H groups in total. The van der Waals surface area contributed by atoms with Gasteiger partial charge in [-0.2, -0.15) is 18.3 Å². The van der Waals surface area contributed by atoms with Crippen molar-refractivity contribution >= 4 is 22.8 Å². The Balaban J connectivity index is 1.87. The molecular weight excluding hydrogens is 442 g/mol. The van der Waals surface area contributed by atoms with Crippen LogP contribution >= 0.6 is 0 Å². The molecule has 174 valence electrons. The van der Waals surface area contributed by atoms with E-state index in [1.54, 1.807) is 6.92 Å². The van der Waals surface area contributed by atoms with Crippen LogP contribution in [0, 0.1) is 11.7 Å². The van der Waals surface area contributed by atoms with Crippen molar-refractivity contribution in [2.24, 2.45) is 5.92 Å². The van der Waals surface area contributed by atoms with Gasteiger partial charge in [-0.25, -0.2) is 4.39 Å². The van der Waals surface area contributed by atoms with Crippen LogP contribution in [0.25, 0.3) is 22.2 Å². The van der Waals surface area contributed by atoms with Gasteiger partial charge in [-0.15, -0.1) is 0 Å². The fourth-order valence-electron chi connectivity index (χ4n) is 3.87. The van der Waals surface area contributed by atoms with E-state index in [1.807, 2.05) is 0 Å². The van der Waals surface area contributed by atoms with E-state index in [9.17, 15) is 32.3 Å². The molecule has 1 saturated carbocycles. The minimum atomic E-state index is -4.58. The number of hydrogen-bond donors (Lipinski definition) is 1. The average Bonchev–Trinajstić information content (AvgIpc) is 3.54. The Hall–Kier alpha value is -3.43. The highest BCUT2D eigenvalue weighted by molar-refractivity contribution is 5.95. The molecule has 1 aromatic heterocycles. The van der Waals surface area contributed by atoms with E-state index >= 15 is 0 Å². The van der Waals surface area contributed by atoms with Crippen LogP contribution in [0.3, 0.4) is 0 Å². The third-order valence-corrected chi connectivity index (χ3v) is 5.67. The lowest BCUT2D eigenvalue weighted by Gasteiger charge is -2.23. The number of carbonyl (C=O) groups excluding carboxylic acids is 1. The number of carbonyl (C=O) groups is 2. The Bertz CT molecular complexity index is 1230. The molecule has 1 amide bonds. The van der Waals surface area contributed by atoms with Gasteiger partial charge in [-0.3, -0.25) is 14.3 Å². The number of nitrogens with zero attached hydrogens (tertiary/aromatic N) is 3. The average molecular weight is 463 g/mol. The number of aliphatic carboxylic acids is 1. The molecule has 10 heteroatoms. The molecule has 0 radical (unpaired) electrons. The number of alkyl halides is 3. The first-order valence-electron chi connectivity index (χ1n) is 10.5. The molecule has 1 heterocycles. The van der Waals surface area contributed by atoms with E-state index in [0.29, 0.717) is 17.5 Å². The van der Waals surface area contributed by atoms with Gasteiger partial charge < -0.3 is 10.0 Å². The predicted octanol–water partition coefficient (Wildman–Crippen LogP) is 4.70. The third-order valence-electron chi connectivity index (χ3n) is 5.67. The summed E-state index contributed by atoms with van der Waals surface area (Å²) < 4.78 is 55.3. The quantitative estimate of drug-likeness (QED) is 0.516. The molecule has 0 atom stereocenters. The molecule has 0 saturated heterocycles. The first kappa shape index (κ1) is 22.8. The second kappa shape index (κ2) is 8.49. The maximum absolute atomic E-state index is 13.9. The molecule has 4 rings (SSSR count). The van der Waals surface area contributed by atoms with Crippen LogP contribution in [0.1, 0.15) is 30.9 Å². The van der Waals surface area contributed by atoms with Crippen molar-refractivity contribution in [1.29, 1.82) is 0 Å². The van der Waals surface area contributed by atoms with E-state index in [0.717, 1.165) is 35.7 Å². The van der Waals surface area contributed by atoms with Crippen molar-refractivity contribution in [3.63, 3.8) is 0 Å². The number of carboxylic acids is 1. The molecule has 0 unspecified atom stereocenters. The summed E-state index contributed by atoms with van der Waals surface area (Å²) in [5.74, 6) is -2.00. The van der Waals surface area contributed by atoms with E-state index in [4.69, 9.17) is 0 Å². The van der Waals surface area contributed by atoms with E-state index < -0.39 is 30.1 Å². The molecule has 1 aliphatic carbocycles. The van der Waals surface area contributed by atoms with Crippen LogP contribution in [-0.4, -0.2) is 38.2 Å². The van der Waals surface area contributed by atoms with Crippen LogP contribution in [0.15, 0.2) is 36.4 Å². The van der Waals surface area contributed by atoms with Gasteiger partial charge in [-0.05, 0) is 55.7 Å². The van der Waals surface area contributed by atoms with Gasteiger partial charge in [0.2, 0.25) is 5.91 Å². The zero-order chi connectivity index (χ0) is 23.9. The van der Waals surface area contributed by atoms with E-state index in [1.165, 1.54) is 23.1 Å². The van der Waals surface area contributed by atoms with E-state index in [2.05, 4.69) is 5.10 Å². The number of halogens is 4. The molecule has 1 aliphatic rings. The summed E-state index contributed by atoms with van der Waals surface area (Å²) in [6.07, 6.45) is -3.06. The summed E-state index contributed by atoms with van der Waals surface area (Å²) in [6, 6.07) is 6.90. The molecule has 3 aromatic rings. The molecular formula is C23H21F4N3O3. The molecule has 0 aliphatic heterocycles. The number of fused-ring (bicyclic) bond motifs is 1. The molecule has 1 fully saturated rings. The van der Waals surface area contributed by atoms with Crippen LogP contribution in [0.5, 0.6) is 0 Å². The highest BCUT2D eigenvalue weighted by Crippen LogP contribution is 2.37. The fourth-order valence-corrected chi connectivity index (χ4v) is 3.87. The lowest BCUT2D eigenvalue weighted by molar-refractivity contribution is -0.138. The molecule has 33 heavy (non-hydrogen) atoms. The monoisotopic (exact) mass is 463 g/mol.